The second kappa shape index (κ2) is 9.38. The van der Waals surface area contributed by atoms with Gasteiger partial charge in [-0.05, 0) is 60.2 Å². The maximum Gasteiger partial charge on any atom is 0.429 e. The van der Waals surface area contributed by atoms with E-state index in [9.17, 15) is 30.7 Å². The molecule has 0 saturated heterocycles. The quantitative estimate of drug-likeness (QED) is 0.134. The Morgan fingerprint density at radius 1 is 0.730 bits per heavy atom. The molecule has 5 rings (SSSR count). The third-order valence-corrected chi connectivity index (χ3v) is 6.73. The molecule has 0 aliphatic carbocycles. The summed E-state index contributed by atoms with van der Waals surface area (Å²) in [5, 5.41) is 0.412. The Kier molecular flexibility index (Phi) is 6.36. The maximum absolute atomic E-state index is 14.8. The summed E-state index contributed by atoms with van der Waals surface area (Å²) in [6.45, 7) is 0. The predicted molar refractivity (Wildman–Crippen MR) is 128 cm³/mol. The van der Waals surface area contributed by atoms with Crippen molar-refractivity contribution in [3.8, 4) is 27.4 Å². The van der Waals surface area contributed by atoms with Gasteiger partial charge in [-0.1, -0.05) is 6.07 Å². The summed E-state index contributed by atoms with van der Waals surface area (Å²) in [7, 11) is 0. The number of aromatic nitrogens is 1. The highest BCUT2D eigenvalue weighted by atomic mass is 32.1. The van der Waals surface area contributed by atoms with E-state index in [1.165, 1.54) is 17.4 Å². The lowest BCUT2D eigenvalue weighted by atomic mass is 10.0. The summed E-state index contributed by atoms with van der Waals surface area (Å²) < 4.78 is 104. The van der Waals surface area contributed by atoms with Crippen LogP contribution in [0.2, 0.25) is 0 Å². The van der Waals surface area contributed by atoms with E-state index in [0.29, 0.717) is 33.6 Å². The first-order valence-corrected chi connectivity index (χ1v) is 11.7. The molecule has 0 fully saturated rings. The minimum Gasteiger partial charge on any atom is -0.429 e. The van der Waals surface area contributed by atoms with E-state index in [4.69, 9.17) is 0 Å². The molecule has 0 atom stereocenters. The van der Waals surface area contributed by atoms with Gasteiger partial charge in [-0.2, -0.15) is 8.78 Å². The van der Waals surface area contributed by atoms with Gasteiger partial charge in [0.1, 0.15) is 22.4 Å². The van der Waals surface area contributed by atoms with Gasteiger partial charge in [-0.3, -0.25) is 0 Å². The van der Waals surface area contributed by atoms with Gasteiger partial charge in [0.15, 0.2) is 17.5 Å². The number of hydrogen-bond donors (Lipinski definition) is 1. The first kappa shape index (κ1) is 25.1. The van der Waals surface area contributed by atoms with Crippen molar-refractivity contribution in [2.75, 3.05) is 0 Å². The molecule has 0 aliphatic heterocycles. The number of thiazole rings is 1. The maximum atomic E-state index is 14.8. The van der Waals surface area contributed by atoms with Gasteiger partial charge in [0.2, 0.25) is 0 Å². The summed E-state index contributed by atoms with van der Waals surface area (Å²) in [6, 6.07) is 11.8. The highest BCUT2D eigenvalue weighted by molar-refractivity contribution is 7.80. The first-order valence-electron chi connectivity index (χ1n) is 10.4. The van der Waals surface area contributed by atoms with E-state index in [2.05, 4.69) is 22.3 Å². The van der Waals surface area contributed by atoms with Crippen LogP contribution in [0.1, 0.15) is 5.56 Å². The molecule has 0 saturated carbocycles. The SMILES string of the molecule is Fc1cc(OC(F)(F)c2ccc(-c3nc4ccc(S)cc4s3)cc2F)ccc1-c1cc(F)c(F)c(F)c1. The second-order valence-corrected chi connectivity index (χ2v) is 9.43. The Bertz CT molecular complexity index is 1650. The van der Waals surface area contributed by atoms with Crippen LogP contribution in [-0.4, -0.2) is 4.98 Å². The fraction of sp³-hybridized carbons (Fsp3) is 0.0385. The molecular weight excluding hydrogens is 539 g/mol. The fourth-order valence-corrected chi connectivity index (χ4v) is 4.92. The van der Waals surface area contributed by atoms with E-state index >= 15 is 0 Å². The van der Waals surface area contributed by atoms with Gasteiger partial charge in [-0.15, -0.1) is 24.0 Å². The van der Waals surface area contributed by atoms with E-state index in [-0.39, 0.29) is 16.7 Å². The van der Waals surface area contributed by atoms with Crippen LogP contribution in [0.3, 0.4) is 0 Å². The molecule has 0 radical (unpaired) electrons. The summed E-state index contributed by atoms with van der Waals surface area (Å²) in [5.74, 6) is -7.94. The lowest BCUT2D eigenvalue weighted by Crippen LogP contribution is -2.23. The monoisotopic (exact) mass is 551 g/mol. The summed E-state index contributed by atoms with van der Waals surface area (Å²) >= 11 is 5.49. The van der Waals surface area contributed by atoms with Crippen LogP contribution in [0.4, 0.5) is 30.7 Å². The van der Waals surface area contributed by atoms with Crippen LogP contribution in [-0.2, 0) is 6.11 Å². The Balaban J connectivity index is 1.40. The van der Waals surface area contributed by atoms with Gasteiger partial charge in [-0.25, -0.2) is 26.9 Å². The Morgan fingerprint density at radius 3 is 2.11 bits per heavy atom. The first-order chi connectivity index (χ1) is 17.5. The number of benzene rings is 4. The number of thiol groups is 1. The molecule has 1 heterocycles. The number of rotatable bonds is 5. The molecule has 11 heteroatoms. The molecule has 188 valence electrons. The van der Waals surface area contributed by atoms with E-state index < -0.39 is 46.5 Å². The standard InChI is InChI=1S/C26H12F7NOS2/c27-18-10-14(2-4-16(18)13-8-20(29)24(31)21(30)9-13)35-26(32,33)17-5-1-12(7-19(17)28)25-34-22-6-3-15(36)11-23(22)37-25/h1-11,36H. The van der Waals surface area contributed by atoms with Crippen molar-refractivity contribution in [1.82, 2.24) is 4.98 Å². The number of ether oxygens (including phenoxy) is 1. The lowest BCUT2D eigenvalue weighted by molar-refractivity contribution is -0.187. The van der Waals surface area contributed by atoms with Crippen LogP contribution in [0.25, 0.3) is 31.9 Å². The zero-order chi connectivity index (χ0) is 26.5. The molecule has 2 nitrogen and oxygen atoms in total. The third kappa shape index (κ3) is 4.88. The van der Waals surface area contributed by atoms with Gasteiger partial charge >= 0.3 is 6.11 Å². The average Bonchev–Trinajstić information content (AvgIpc) is 3.25. The largest absolute Gasteiger partial charge is 0.429 e. The van der Waals surface area contributed by atoms with Crippen molar-refractivity contribution in [3.05, 3.63) is 101 Å². The molecule has 0 spiro atoms. The fourth-order valence-electron chi connectivity index (χ4n) is 3.63. The molecule has 0 aliphatic rings. The Hall–Kier alpha value is -3.57. The van der Waals surface area contributed by atoms with E-state index in [1.807, 2.05) is 0 Å². The molecule has 0 bridgehead atoms. The van der Waals surface area contributed by atoms with Crippen LogP contribution in [0.15, 0.2) is 71.6 Å². The van der Waals surface area contributed by atoms with Crippen molar-refractivity contribution >= 4 is 34.2 Å². The Labute approximate surface area is 214 Å². The van der Waals surface area contributed by atoms with Gasteiger partial charge in [0, 0.05) is 22.1 Å². The highest BCUT2D eigenvalue weighted by Crippen LogP contribution is 2.38. The normalized spacial score (nSPS) is 11.8. The number of alkyl halides is 2. The number of hydrogen-bond acceptors (Lipinski definition) is 4. The second-order valence-electron chi connectivity index (χ2n) is 7.88. The molecule has 5 aromatic rings. The molecule has 37 heavy (non-hydrogen) atoms. The van der Waals surface area contributed by atoms with Gasteiger partial charge in [0.05, 0.1) is 15.8 Å². The molecule has 1 aromatic heterocycles. The van der Waals surface area contributed by atoms with Crippen LogP contribution >= 0.6 is 24.0 Å². The lowest BCUT2D eigenvalue weighted by Gasteiger charge is -2.19. The van der Waals surface area contributed by atoms with Crippen LogP contribution in [0.5, 0.6) is 5.75 Å². The minimum absolute atomic E-state index is 0.271. The molecule has 4 aromatic carbocycles. The zero-order valence-corrected chi connectivity index (χ0v) is 19.9. The van der Waals surface area contributed by atoms with E-state index in [1.54, 1.807) is 18.2 Å². The number of fused-ring (bicyclic) bond motifs is 1. The smallest absolute Gasteiger partial charge is 0.429 e. The highest BCUT2D eigenvalue weighted by Gasteiger charge is 2.38. The van der Waals surface area contributed by atoms with Gasteiger partial charge < -0.3 is 4.74 Å². The molecular formula is C26H12F7NOS2. The molecule has 0 amide bonds. The number of nitrogens with zero attached hydrogens (tertiary/aromatic N) is 1. The third-order valence-electron chi connectivity index (χ3n) is 5.38. The summed E-state index contributed by atoms with van der Waals surface area (Å²) in [4.78, 5) is 5.08. The number of halogens is 7. The predicted octanol–water partition coefficient (Wildman–Crippen LogP) is 8.74. The Morgan fingerprint density at radius 2 is 1.43 bits per heavy atom. The topological polar surface area (TPSA) is 22.1 Å². The van der Waals surface area contributed by atoms with Crippen molar-refractivity contribution in [2.24, 2.45) is 0 Å². The molecule has 0 N–H and O–H groups in total. The minimum atomic E-state index is -4.20. The van der Waals surface area contributed by atoms with Crippen molar-refractivity contribution in [2.45, 2.75) is 11.0 Å². The van der Waals surface area contributed by atoms with Crippen molar-refractivity contribution in [1.29, 1.82) is 0 Å². The van der Waals surface area contributed by atoms with Crippen molar-refractivity contribution in [3.63, 3.8) is 0 Å². The van der Waals surface area contributed by atoms with E-state index in [0.717, 1.165) is 29.0 Å². The summed E-state index contributed by atoms with van der Waals surface area (Å²) in [6.07, 6.45) is -4.20. The van der Waals surface area contributed by atoms with Crippen LogP contribution in [0, 0.1) is 29.1 Å². The average molecular weight is 552 g/mol. The zero-order valence-electron chi connectivity index (χ0n) is 18.2. The van der Waals surface area contributed by atoms with Gasteiger partial charge in [0.25, 0.3) is 0 Å². The molecule has 0 unspecified atom stereocenters. The van der Waals surface area contributed by atoms with Crippen molar-refractivity contribution < 1.29 is 35.5 Å². The summed E-state index contributed by atoms with van der Waals surface area (Å²) in [5.41, 5.74) is -0.915. The van der Waals surface area contributed by atoms with Crippen LogP contribution < -0.4 is 4.74 Å².